The number of benzene rings is 1. The first-order chi connectivity index (χ1) is 9.10. The van der Waals surface area contributed by atoms with Crippen LogP contribution in [0.2, 0.25) is 0 Å². The van der Waals surface area contributed by atoms with Crippen LogP contribution < -0.4 is 10.6 Å². The lowest BCUT2D eigenvalue weighted by Crippen LogP contribution is -2.05. The van der Waals surface area contributed by atoms with Gasteiger partial charge in [0.2, 0.25) is 5.95 Å². The van der Waals surface area contributed by atoms with Crippen molar-refractivity contribution in [2.45, 2.75) is 20.8 Å². The number of nitrogens with zero attached hydrogens (tertiary/aromatic N) is 2. The molecule has 19 heavy (non-hydrogen) atoms. The number of aromatic nitrogens is 2. The van der Waals surface area contributed by atoms with Crippen LogP contribution >= 0.6 is 15.9 Å². The van der Waals surface area contributed by atoms with Crippen molar-refractivity contribution in [2.75, 3.05) is 17.2 Å². The molecule has 0 amide bonds. The molecule has 1 aromatic carbocycles. The third-order valence-electron chi connectivity index (χ3n) is 2.76. The zero-order valence-corrected chi connectivity index (χ0v) is 12.9. The summed E-state index contributed by atoms with van der Waals surface area (Å²) >= 11 is 3.48. The van der Waals surface area contributed by atoms with Gasteiger partial charge in [-0.1, -0.05) is 22.0 Å². The van der Waals surface area contributed by atoms with Gasteiger partial charge in [-0.25, -0.2) is 4.98 Å². The van der Waals surface area contributed by atoms with Crippen molar-refractivity contribution >= 4 is 33.4 Å². The molecule has 0 fully saturated rings. The molecule has 1 aromatic heterocycles. The van der Waals surface area contributed by atoms with E-state index < -0.39 is 0 Å². The predicted octanol–water partition coefficient (Wildman–Crippen LogP) is 4.03. The largest absolute Gasteiger partial charge is 0.354 e. The Morgan fingerprint density at radius 2 is 2.00 bits per heavy atom. The minimum absolute atomic E-state index is 0.642. The number of hydrogen-bond acceptors (Lipinski definition) is 4. The van der Waals surface area contributed by atoms with Crippen LogP contribution in [0.25, 0.3) is 0 Å². The van der Waals surface area contributed by atoms with E-state index in [9.17, 15) is 0 Å². The summed E-state index contributed by atoms with van der Waals surface area (Å²) in [6.45, 7) is 6.88. The first-order valence-electron chi connectivity index (χ1n) is 6.21. The summed E-state index contributed by atoms with van der Waals surface area (Å²) < 4.78 is 1.04. The maximum absolute atomic E-state index is 4.48. The van der Waals surface area contributed by atoms with Gasteiger partial charge in [-0.2, -0.15) is 4.98 Å². The van der Waals surface area contributed by atoms with Crippen molar-refractivity contribution in [3.05, 3.63) is 40.0 Å². The lowest BCUT2D eigenvalue weighted by molar-refractivity contribution is 1.07. The Bertz CT molecular complexity index is 584. The van der Waals surface area contributed by atoms with Crippen molar-refractivity contribution < 1.29 is 0 Å². The topological polar surface area (TPSA) is 49.8 Å². The Hall–Kier alpha value is -1.62. The van der Waals surface area contributed by atoms with E-state index >= 15 is 0 Å². The molecule has 1 heterocycles. The Morgan fingerprint density at radius 1 is 1.21 bits per heavy atom. The van der Waals surface area contributed by atoms with Gasteiger partial charge in [-0.15, -0.1) is 0 Å². The molecule has 0 bridgehead atoms. The average molecular weight is 321 g/mol. The van der Waals surface area contributed by atoms with Crippen LogP contribution in [0.5, 0.6) is 0 Å². The summed E-state index contributed by atoms with van der Waals surface area (Å²) in [7, 11) is 0. The molecule has 2 N–H and O–H groups in total. The van der Waals surface area contributed by atoms with Gasteiger partial charge in [0, 0.05) is 28.5 Å². The number of hydrogen-bond donors (Lipinski definition) is 2. The van der Waals surface area contributed by atoms with Gasteiger partial charge in [0.25, 0.3) is 0 Å². The van der Waals surface area contributed by atoms with Crippen LogP contribution in [0, 0.1) is 13.8 Å². The van der Waals surface area contributed by atoms with Gasteiger partial charge in [0.1, 0.15) is 5.82 Å². The van der Waals surface area contributed by atoms with Crippen LogP contribution in [-0.4, -0.2) is 16.5 Å². The van der Waals surface area contributed by atoms with Gasteiger partial charge in [-0.05, 0) is 38.5 Å². The van der Waals surface area contributed by atoms with E-state index in [1.54, 1.807) is 0 Å². The lowest BCUT2D eigenvalue weighted by Gasteiger charge is -2.12. The summed E-state index contributed by atoms with van der Waals surface area (Å²) in [5.74, 6) is 1.47. The second kappa shape index (κ2) is 6.02. The highest BCUT2D eigenvalue weighted by atomic mass is 79.9. The fourth-order valence-electron chi connectivity index (χ4n) is 1.67. The molecule has 2 aromatic rings. The van der Waals surface area contributed by atoms with Crippen molar-refractivity contribution in [3.63, 3.8) is 0 Å². The van der Waals surface area contributed by atoms with E-state index in [2.05, 4.69) is 49.5 Å². The van der Waals surface area contributed by atoms with Crippen LogP contribution in [-0.2, 0) is 0 Å². The fourth-order valence-corrected chi connectivity index (χ4v) is 2.03. The van der Waals surface area contributed by atoms with Crippen LogP contribution in [0.1, 0.15) is 18.1 Å². The lowest BCUT2D eigenvalue weighted by atomic mass is 10.2. The SMILES string of the molecule is CCNc1ncc(C)c(Nc2cc(Br)ccc2C)n1. The average Bonchev–Trinajstić information content (AvgIpc) is 2.38. The molecule has 0 radical (unpaired) electrons. The second-order valence-corrected chi connectivity index (χ2v) is 5.26. The highest BCUT2D eigenvalue weighted by molar-refractivity contribution is 9.10. The number of anilines is 3. The molecule has 0 saturated carbocycles. The first kappa shape index (κ1) is 13.8. The normalized spacial score (nSPS) is 10.3. The Morgan fingerprint density at radius 3 is 2.74 bits per heavy atom. The monoisotopic (exact) mass is 320 g/mol. The zero-order chi connectivity index (χ0) is 13.8. The summed E-state index contributed by atoms with van der Waals surface area (Å²) in [5.41, 5.74) is 3.23. The summed E-state index contributed by atoms with van der Waals surface area (Å²) in [6, 6.07) is 6.13. The van der Waals surface area contributed by atoms with Crippen molar-refractivity contribution in [1.29, 1.82) is 0 Å². The minimum atomic E-state index is 0.642. The molecule has 0 saturated heterocycles. The van der Waals surface area contributed by atoms with Crippen LogP contribution in [0.4, 0.5) is 17.5 Å². The fraction of sp³-hybridized carbons (Fsp3) is 0.286. The second-order valence-electron chi connectivity index (χ2n) is 4.34. The van der Waals surface area contributed by atoms with Crippen molar-refractivity contribution in [3.8, 4) is 0 Å². The van der Waals surface area contributed by atoms with Crippen molar-refractivity contribution in [1.82, 2.24) is 9.97 Å². The van der Waals surface area contributed by atoms with E-state index in [1.165, 1.54) is 5.56 Å². The van der Waals surface area contributed by atoms with Crippen LogP contribution in [0.3, 0.4) is 0 Å². The molecule has 4 nitrogen and oxygen atoms in total. The minimum Gasteiger partial charge on any atom is -0.354 e. The third-order valence-corrected chi connectivity index (χ3v) is 3.25. The Balaban J connectivity index is 2.31. The summed E-state index contributed by atoms with van der Waals surface area (Å²) in [6.07, 6.45) is 1.82. The molecular formula is C14H17BrN4. The third kappa shape index (κ3) is 3.44. The number of rotatable bonds is 4. The number of aryl methyl sites for hydroxylation is 2. The van der Waals surface area contributed by atoms with Gasteiger partial charge in [0.15, 0.2) is 0 Å². The highest BCUT2D eigenvalue weighted by Crippen LogP contribution is 2.25. The maximum atomic E-state index is 4.48. The number of nitrogens with one attached hydrogen (secondary N) is 2. The van der Waals surface area contributed by atoms with E-state index in [4.69, 9.17) is 0 Å². The van der Waals surface area contributed by atoms with E-state index in [1.807, 2.05) is 32.2 Å². The van der Waals surface area contributed by atoms with E-state index in [-0.39, 0.29) is 0 Å². The first-order valence-corrected chi connectivity index (χ1v) is 7.00. The molecule has 0 spiro atoms. The molecule has 5 heteroatoms. The van der Waals surface area contributed by atoms with Gasteiger partial charge in [-0.3, -0.25) is 0 Å². The molecule has 0 atom stereocenters. The standard InChI is InChI=1S/C14H17BrN4/c1-4-16-14-17-8-10(3)13(19-14)18-12-7-11(15)6-5-9(12)2/h5-8H,4H2,1-3H3,(H2,16,17,18,19). The Kier molecular flexibility index (Phi) is 4.37. The molecule has 0 aliphatic rings. The van der Waals surface area contributed by atoms with Gasteiger partial charge >= 0.3 is 0 Å². The molecule has 100 valence electrons. The van der Waals surface area contributed by atoms with E-state index in [0.717, 1.165) is 28.1 Å². The predicted molar refractivity (Wildman–Crippen MR) is 83.1 cm³/mol. The van der Waals surface area contributed by atoms with E-state index in [0.29, 0.717) is 5.95 Å². The smallest absolute Gasteiger partial charge is 0.224 e. The molecule has 2 rings (SSSR count). The Labute approximate surface area is 121 Å². The maximum Gasteiger partial charge on any atom is 0.224 e. The summed E-state index contributed by atoms with van der Waals surface area (Å²) in [4.78, 5) is 8.72. The highest BCUT2D eigenvalue weighted by Gasteiger charge is 2.06. The molecular weight excluding hydrogens is 304 g/mol. The van der Waals surface area contributed by atoms with Crippen LogP contribution in [0.15, 0.2) is 28.9 Å². The molecule has 0 aliphatic carbocycles. The number of halogens is 1. The molecule has 0 aliphatic heterocycles. The molecule has 0 unspecified atom stereocenters. The van der Waals surface area contributed by atoms with Crippen molar-refractivity contribution in [2.24, 2.45) is 0 Å². The van der Waals surface area contributed by atoms with Gasteiger partial charge in [0.05, 0.1) is 0 Å². The van der Waals surface area contributed by atoms with Gasteiger partial charge < -0.3 is 10.6 Å². The summed E-state index contributed by atoms with van der Waals surface area (Å²) in [5, 5.41) is 6.47. The quantitative estimate of drug-likeness (QED) is 0.892. The zero-order valence-electron chi connectivity index (χ0n) is 11.3.